The maximum Gasteiger partial charge on any atom is 0.171 e. The summed E-state index contributed by atoms with van der Waals surface area (Å²) in [6.45, 7) is 1.65. The molecule has 0 saturated heterocycles. The Balaban J connectivity index is 3.40. The molecule has 0 aliphatic carbocycles. The van der Waals surface area contributed by atoms with Gasteiger partial charge in [-0.3, -0.25) is 0 Å². The summed E-state index contributed by atoms with van der Waals surface area (Å²) < 4.78 is 31.7. The van der Waals surface area contributed by atoms with Crippen LogP contribution in [0.15, 0.2) is 6.07 Å². The summed E-state index contributed by atoms with van der Waals surface area (Å²) in [7, 11) is 1.24. The number of methoxy groups -OCH3 is 1. The average Bonchev–Trinajstić information content (AvgIpc) is 2.23. The van der Waals surface area contributed by atoms with Crippen LogP contribution in [-0.2, 0) is 0 Å². The first-order valence-corrected chi connectivity index (χ1v) is 4.47. The first-order chi connectivity index (χ1) is 7.02. The smallest absolute Gasteiger partial charge is 0.171 e. The van der Waals surface area contributed by atoms with Crippen molar-refractivity contribution in [2.24, 2.45) is 5.73 Å². The molecule has 1 aromatic carbocycles. The van der Waals surface area contributed by atoms with Crippen LogP contribution in [0.4, 0.5) is 8.78 Å². The fraction of sp³-hybridized carbons (Fsp3) is 0.400. The van der Waals surface area contributed by atoms with Gasteiger partial charge < -0.3 is 15.6 Å². The summed E-state index contributed by atoms with van der Waals surface area (Å²) in [6.07, 6.45) is 0. The number of aromatic hydroxyl groups is 1. The van der Waals surface area contributed by atoms with Crippen molar-refractivity contribution in [1.82, 2.24) is 0 Å². The van der Waals surface area contributed by atoms with Crippen LogP contribution in [0.1, 0.15) is 18.4 Å². The first-order valence-electron chi connectivity index (χ1n) is 4.47. The van der Waals surface area contributed by atoms with E-state index >= 15 is 0 Å². The number of phenols is 1. The van der Waals surface area contributed by atoms with E-state index in [1.165, 1.54) is 7.11 Å². The van der Waals surface area contributed by atoms with Gasteiger partial charge in [0.2, 0.25) is 0 Å². The number of hydrogen-bond donors (Lipinski definition) is 2. The number of halogens is 2. The first kappa shape index (κ1) is 11.7. The normalized spacial score (nSPS) is 12.6. The van der Waals surface area contributed by atoms with Crippen LogP contribution in [0.2, 0.25) is 0 Å². The fourth-order valence-electron chi connectivity index (χ4n) is 1.32. The number of ether oxygens (including phenoxy) is 1. The molecule has 1 unspecified atom stereocenters. The number of benzene rings is 1. The highest BCUT2D eigenvalue weighted by Crippen LogP contribution is 2.34. The monoisotopic (exact) mass is 217 g/mol. The molecule has 0 saturated carbocycles. The van der Waals surface area contributed by atoms with E-state index in [1.54, 1.807) is 6.92 Å². The molecule has 1 atom stereocenters. The Morgan fingerprint density at radius 1 is 1.47 bits per heavy atom. The third-order valence-electron chi connectivity index (χ3n) is 2.25. The molecule has 0 heterocycles. The van der Waals surface area contributed by atoms with Gasteiger partial charge >= 0.3 is 0 Å². The molecule has 0 aliphatic rings. The molecule has 0 aliphatic heterocycles. The van der Waals surface area contributed by atoms with E-state index in [-0.39, 0.29) is 17.9 Å². The topological polar surface area (TPSA) is 55.5 Å². The molecular weight excluding hydrogens is 204 g/mol. The summed E-state index contributed by atoms with van der Waals surface area (Å²) in [6, 6.07) is 0.900. The highest BCUT2D eigenvalue weighted by Gasteiger charge is 2.22. The maximum absolute atomic E-state index is 13.6. The lowest BCUT2D eigenvalue weighted by Crippen LogP contribution is -2.13. The van der Waals surface area contributed by atoms with Gasteiger partial charge in [0.05, 0.1) is 7.11 Å². The lowest BCUT2D eigenvalue weighted by Gasteiger charge is -2.14. The Bertz CT molecular complexity index is 369. The van der Waals surface area contributed by atoms with Gasteiger partial charge in [0, 0.05) is 11.6 Å². The molecule has 3 N–H and O–H groups in total. The van der Waals surface area contributed by atoms with Gasteiger partial charge in [-0.2, -0.15) is 0 Å². The van der Waals surface area contributed by atoms with E-state index in [2.05, 4.69) is 4.74 Å². The van der Waals surface area contributed by atoms with E-state index in [4.69, 9.17) is 5.73 Å². The summed E-state index contributed by atoms with van der Waals surface area (Å²) in [5.74, 6) is -3.14. The third kappa shape index (κ3) is 2.02. The van der Waals surface area contributed by atoms with Crippen LogP contribution < -0.4 is 10.5 Å². The highest BCUT2D eigenvalue weighted by atomic mass is 19.1. The Hall–Kier alpha value is -1.36. The van der Waals surface area contributed by atoms with Crippen LogP contribution in [0, 0.1) is 11.6 Å². The minimum Gasteiger partial charge on any atom is -0.505 e. The molecule has 84 valence electrons. The van der Waals surface area contributed by atoms with Crippen LogP contribution in [0.3, 0.4) is 0 Å². The molecule has 0 fully saturated rings. The molecule has 1 rings (SSSR count). The molecule has 3 nitrogen and oxygen atoms in total. The van der Waals surface area contributed by atoms with Crippen molar-refractivity contribution in [1.29, 1.82) is 0 Å². The van der Waals surface area contributed by atoms with Crippen LogP contribution in [0.5, 0.6) is 11.5 Å². The van der Waals surface area contributed by atoms with Crippen molar-refractivity contribution in [3.05, 3.63) is 23.3 Å². The average molecular weight is 217 g/mol. The van der Waals surface area contributed by atoms with Gasteiger partial charge in [-0.1, -0.05) is 6.92 Å². The van der Waals surface area contributed by atoms with Gasteiger partial charge in [0.25, 0.3) is 0 Å². The van der Waals surface area contributed by atoms with Gasteiger partial charge in [0.15, 0.2) is 23.1 Å². The van der Waals surface area contributed by atoms with E-state index in [0.717, 1.165) is 6.07 Å². The van der Waals surface area contributed by atoms with Crippen molar-refractivity contribution in [2.75, 3.05) is 13.7 Å². The summed E-state index contributed by atoms with van der Waals surface area (Å²) in [5, 5.41) is 9.22. The second-order valence-corrected chi connectivity index (χ2v) is 3.28. The molecule has 15 heavy (non-hydrogen) atoms. The van der Waals surface area contributed by atoms with E-state index in [1.807, 2.05) is 0 Å². The van der Waals surface area contributed by atoms with Crippen LogP contribution >= 0.6 is 0 Å². The van der Waals surface area contributed by atoms with Crippen molar-refractivity contribution in [3.8, 4) is 11.5 Å². The molecule has 0 radical (unpaired) electrons. The second-order valence-electron chi connectivity index (χ2n) is 3.28. The van der Waals surface area contributed by atoms with Gasteiger partial charge in [-0.05, 0) is 12.5 Å². The zero-order valence-corrected chi connectivity index (χ0v) is 8.55. The fourth-order valence-corrected chi connectivity index (χ4v) is 1.32. The lowest BCUT2D eigenvalue weighted by atomic mass is 9.99. The third-order valence-corrected chi connectivity index (χ3v) is 2.25. The van der Waals surface area contributed by atoms with Gasteiger partial charge in [0.1, 0.15) is 0 Å². The summed E-state index contributed by atoms with van der Waals surface area (Å²) in [5.41, 5.74) is 5.09. The largest absolute Gasteiger partial charge is 0.505 e. The molecule has 1 aromatic rings. The summed E-state index contributed by atoms with van der Waals surface area (Å²) >= 11 is 0. The van der Waals surface area contributed by atoms with Crippen molar-refractivity contribution in [3.63, 3.8) is 0 Å². The van der Waals surface area contributed by atoms with Crippen LogP contribution in [0.25, 0.3) is 0 Å². The molecule has 0 spiro atoms. The molecular formula is C10H13F2NO2. The number of rotatable bonds is 3. The maximum atomic E-state index is 13.6. The Labute approximate surface area is 86.5 Å². The van der Waals surface area contributed by atoms with E-state index < -0.39 is 23.3 Å². The molecule has 0 amide bonds. The van der Waals surface area contributed by atoms with E-state index in [0.29, 0.717) is 0 Å². The number of hydrogen-bond acceptors (Lipinski definition) is 3. The number of phenolic OH excluding ortho intramolecular Hbond substituents is 1. The zero-order chi connectivity index (χ0) is 11.6. The van der Waals surface area contributed by atoms with Gasteiger partial charge in [-0.15, -0.1) is 0 Å². The van der Waals surface area contributed by atoms with E-state index in [9.17, 15) is 13.9 Å². The van der Waals surface area contributed by atoms with Crippen molar-refractivity contribution < 1.29 is 18.6 Å². The Morgan fingerprint density at radius 2 is 2.07 bits per heavy atom. The Morgan fingerprint density at radius 3 is 2.53 bits per heavy atom. The molecule has 0 bridgehead atoms. The van der Waals surface area contributed by atoms with Crippen molar-refractivity contribution in [2.45, 2.75) is 12.8 Å². The second kappa shape index (κ2) is 4.44. The Kier molecular flexibility index (Phi) is 3.47. The van der Waals surface area contributed by atoms with Gasteiger partial charge in [-0.25, -0.2) is 8.78 Å². The lowest BCUT2D eigenvalue weighted by molar-refractivity contribution is 0.363. The standard InChI is InChI=1S/C10H13F2NO2/c1-5(4-13)8-9(11)6(14)3-7(15-2)10(8)12/h3,5,14H,4,13H2,1-2H3. The minimum absolute atomic E-state index is 0.0838. The van der Waals surface area contributed by atoms with Crippen LogP contribution in [-0.4, -0.2) is 18.8 Å². The quantitative estimate of drug-likeness (QED) is 0.810. The number of nitrogens with two attached hydrogens (primary N) is 1. The predicted octanol–water partition coefficient (Wildman–Crippen LogP) is 1.74. The highest BCUT2D eigenvalue weighted by molar-refractivity contribution is 5.42. The summed E-state index contributed by atoms with van der Waals surface area (Å²) in [4.78, 5) is 0. The molecule has 0 aromatic heterocycles. The minimum atomic E-state index is -0.980. The zero-order valence-electron chi connectivity index (χ0n) is 8.55. The predicted molar refractivity (Wildman–Crippen MR) is 52.0 cm³/mol. The molecule has 5 heteroatoms. The van der Waals surface area contributed by atoms with Crippen molar-refractivity contribution >= 4 is 0 Å². The SMILES string of the molecule is COc1cc(O)c(F)c(C(C)CN)c1F.